The van der Waals surface area contributed by atoms with E-state index in [1.807, 2.05) is 67.0 Å². The molecule has 0 N–H and O–H groups in total. The van der Waals surface area contributed by atoms with Crippen LogP contribution in [0.15, 0.2) is 36.4 Å². The normalized spacial score (nSPS) is 18.3. The van der Waals surface area contributed by atoms with E-state index in [0.717, 1.165) is 57.6 Å². The van der Waals surface area contributed by atoms with Gasteiger partial charge in [-0.1, -0.05) is 28.9 Å². The van der Waals surface area contributed by atoms with Gasteiger partial charge in [-0.3, -0.25) is 14.4 Å². The number of fused-ring (bicyclic) bond motifs is 2. The highest BCUT2D eigenvalue weighted by Crippen LogP contribution is 2.49. The highest BCUT2D eigenvalue weighted by molar-refractivity contribution is 6.30. The summed E-state index contributed by atoms with van der Waals surface area (Å²) in [5, 5.41) is 13.8. The molecule has 0 saturated heterocycles. The maximum atomic E-state index is 13.9. The van der Waals surface area contributed by atoms with Gasteiger partial charge < -0.3 is 0 Å². The number of rotatable bonds is 3. The Morgan fingerprint density at radius 1 is 1.06 bits per heavy atom. The first-order valence-corrected chi connectivity index (χ1v) is 10.8. The predicted octanol–water partition coefficient (Wildman–Crippen LogP) is 4.29. The Hall–Kier alpha value is -3.19. The summed E-state index contributed by atoms with van der Waals surface area (Å²) < 4.78 is 3.63. The van der Waals surface area contributed by atoms with Gasteiger partial charge in [0.1, 0.15) is 11.6 Å². The molecule has 1 unspecified atom stereocenters. The van der Waals surface area contributed by atoms with Gasteiger partial charge in [-0.2, -0.15) is 5.10 Å². The molecule has 0 radical (unpaired) electrons. The first-order valence-electron chi connectivity index (χ1n) is 10.4. The summed E-state index contributed by atoms with van der Waals surface area (Å²) >= 11 is 6.16. The third-order valence-corrected chi connectivity index (χ3v) is 6.64. The number of amides is 1. The lowest BCUT2D eigenvalue weighted by molar-refractivity contribution is 0.0992. The fourth-order valence-corrected chi connectivity index (χ4v) is 4.86. The molecular weight excluding hydrogens is 412 g/mol. The van der Waals surface area contributed by atoms with Crippen LogP contribution in [0.3, 0.4) is 0 Å². The quantitative estimate of drug-likeness (QED) is 0.484. The maximum absolute atomic E-state index is 13.9. The van der Waals surface area contributed by atoms with Crippen molar-refractivity contribution in [3.05, 3.63) is 69.5 Å². The smallest absolute Gasteiger partial charge is 0.263 e. The Bertz CT molecular complexity index is 1370. The van der Waals surface area contributed by atoms with Crippen LogP contribution >= 0.6 is 11.6 Å². The molecule has 2 aliphatic rings. The van der Waals surface area contributed by atoms with E-state index in [9.17, 15) is 4.79 Å². The number of benzene rings is 2. The van der Waals surface area contributed by atoms with Gasteiger partial charge in [0.2, 0.25) is 0 Å². The lowest BCUT2D eigenvalue weighted by atomic mass is 10.0. The lowest BCUT2D eigenvalue weighted by Gasteiger charge is -2.27. The van der Waals surface area contributed by atoms with E-state index < -0.39 is 0 Å². The van der Waals surface area contributed by atoms with E-state index in [2.05, 4.69) is 10.3 Å². The van der Waals surface area contributed by atoms with E-state index in [1.165, 1.54) is 0 Å². The highest BCUT2D eigenvalue weighted by atomic mass is 35.5. The average Bonchev–Trinajstić information content (AvgIpc) is 3.35. The topological polar surface area (TPSA) is 68.8 Å². The number of carbonyl (C=O) groups excluding carboxylic acids is 1. The summed E-state index contributed by atoms with van der Waals surface area (Å²) in [4.78, 5) is 15.8. The zero-order chi connectivity index (χ0) is 21.4. The minimum Gasteiger partial charge on any atom is -0.295 e. The van der Waals surface area contributed by atoms with Gasteiger partial charge in [-0.25, -0.2) is 4.68 Å². The molecule has 1 aliphatic carbocycles. The van der Waals surface area contributed by atoms with E-state index in [1.54, 1.807) is 4.68 Å². The molecule has 31 heavy (non-hydrogen) atoms. The zero-order valence-corrected chi connectivity index (χ0v) is 18.3. The summed E-state index contributed by atoms with van der Waals surface area (Å²) in [5.41, 5.74) is 7.19. The van der Waals surface area contributed by atoms with Crippen molar-refractivity contribution in [1.82, 2.24) is 24.8 Å². The largest absolute Gasteiger partial charge is 0.295 e. The lowest BCUT2D eigenvalue weighted by Crippen LogP contribution is -2.30. The van der Waals surface area contributed by atoms with Crippen LogP contribution in [-0.4, -0.2) is 30.7 Å². The number of aryl methyl sites for hydroxylation is 3. The summed E-state index contributed by atoms with van der Waals surface area (Å²) in [5.74, 6) is 0.383. The third-order valence-electron chi connectivity index (χ3n) is 6.39. The van der Waals surface area contributed by atoms with Gasteiger partial charge >= 0.3 is 0 Å². The molecule has 8 heteroatoms. The molecule has 156 valence electrons. The molecule has 0 spiro atoms. The van der Waals surface area contributed by atoms with Crippen LogP contribution in [0, 0.1) is 6.92 Å². The van der Waals surface area contributed by atoms with Crippen molar-refractivity contribution in [3.63, 3.8) is 0 Å². The first kappa shape index (κ1) is 18.6. The van der Waals surface area contributed by atoms with Crippen LogP contribution < -0.4 is 4.90 Å². The van der Waals surface area contributed by atoms with Gasteiger partial charge in [0.25, 0.3) is 5.91 Å². The van der Waals surface area contributed by atoms with Gasteiger partial charge in [0.05, 0.1) is 22.5 Å². The number of aromatic nitrogens is 5. The van der Waals surface area contributed by atoms with E-state index in [4.69, 9.17) is 16.7 Å². The minimum atomic E-state index is -0.275. The molecule has 1 aliphatic heterocycles. The number of carbonyl (C=O) groups is 1. The molecule has 6 rings (SSSR count). The Kier molecular flexibility index (Phi) is 3.84. The molecule has 1 fully saturated rings. The van der Waals surface area contributed by atoms with E-state index >= 15 is 0 Å². The molecule has 2 aromatic carbocycles. The number of nitrogens with zero attached hydrogens (tertiary/aromatic N) is 6. The molecule has 1 amide bonds. The minimum absolute atomic E-state index is 0.00109. The second kappa shape index (κ2) is 6.40. The van der Waals surface area contributed by atoms with E-state index in [-0.39, 0.29) is 11.9 Å². The predicted molar refractivity (Wildman–Crippen MR) is 119 cm³/mol. The van der Waals surface area contributed by atoms with Gasteiger partial charge in [-0.05, 0) is 55.2 Å². The Morgan fingerprint density at radius 3 is 2.52 bits per heavy atom. The van der Waals surface area contributed by atoms with Crippen molar-refractivity contribution in [1.29, 1.82) is 0 Å². The molecule has 4 aromatic rings. The van der Waals surface area contributed by atoms with Crippen molar-refractivity contribution in [2.45, 2.75) is 31.7 Å². The molecule has 3 heterocycles. The van der Waals surface area contributed by atoms with Crippen LogP contribution in [0.25, 0.3) is 11.0 Å². The number of halogens is 1. The van der Waals surface area contributed by atoms with Gasteiger partial charge in [0.15, 0.2) is 0 Å². The summed E-state index contributed by atoms with van der Waals surface area (Å²) in [7, 11) is 3.80. The fraction of sp³-hybridized carbons (Fsp3) is 0.304. The zero-order valence-electron chi connectivity index (χ0n) is 17.5. The van der Waals surface area contributed by atoms with Crippen LogP contribution in [0.5, 0.6) is 0 Å². The van der Waals surface area contributed by atoms with Crippen molar-refractivity contribution in [2.75, 3.05) is 4.90 Å². The average molecular weight is 433 g/mol. The van der Waals surface area contributed by atoms with Crippen molar-refractivity contribution in [3.8, 4) is 0 Å². The Balaban J connectivity index is 1.59. The third kappa shape index (κ3) is 2.66. The SMILES string of the molecule is Cc1cc(N2C(=O)c3c(C4CC4)nn(C)c3C2c2ccc(Cl)cc2)cc2c1nnn2C. The summed E-state index contributed by atoms with van der Waals surface area (Å²) in [6.45, 7) is 2.00. The molecular formula is C23H21ClN6O. The maximum Gasteiger partial charge on any atom is 0.263 e. The van der Waals surface area contributed by atoms with E-state index in [0.29, 0.717) is 10.9 Å². The molecule has 1 atom stereocenters. The summed E-state index contributed by atoms with van der Waals surface area (Å²) in [6, 6.07) is 11.5. The monoisotopic (exact) mass is 432 g/mol. The Labute approximate surface area is 184 Å². The second-order valence-electron chi connectivity index (χ2n) is 8.52. The molecule has 0 bridgehead atoms. The van der Waals surface area contributed by atoms with Crippen molar-refractivity contribution in [2.24, 2.45) is 14.1 Å². The van der Waals surface area contributed by atoms with Gasteiger partial charge in [0, 0.05) is 30.7 Å². The number of hydrogen-bond acceptors (Lipinski definition) is 4. The van der Waals surface area contributed by atoms with Crippen LogP contribution in [0.1, 0.15) is 57.7 Å². The van der Waals surface area contributed by atoms with Crippen LogP contribution in [-0.2, 0) is 14.1 Å². The number of hydrogen-bond donors (Lipinski definition) is 0. The summed E-state index contributed by atoms with van der Waals surface area (Å²) in [6.07, 6.45) is 2.18. The molecule has 2 aromatic heterocycles. The van der Waals surface area contributed by atoms with Gasteiger partial charge in [-0.15, -0.1) is 5.10 Å². The Morgan fingerprint density at radius 2 is 1.81 bits per heavy atom. The standard InChI is InChI=1S/C23H21ClN6O/c1-12-10-16(11-17-19(12)25-27-28(17)2)30-21(14-6-8-15(24)9-7-14)22-18(23(30)31)20(13-4-5-13)26-29(22)3/h6-11,13,21H,4-5H2,1-3H3. The second-order valence-corrected chi connectivity index (χ2v) is 8.95. The van der Waals surface area contributed by atoms with Crippen LogP contribution in [0.4, 0.5) is 5.69 Å². The molecule has 7 nitrogen and oxygen atoms in total. The highest BCUT2D eigenvalue weighted by Gasteiger charge is 2.46. The fourth-order valence-electron chi connectivity index (χ4n) is 4.73. The van der Waals surface area contributed by atoms with Crippen molar-refractivity contribution >= 4 is 34.2 Å². The van der Waals surface area contributed by atoms with Crippen LogP contribution in [0.2, 0.25) is 5.02 Å². The van der Waals surface area contributed by atoms with Crippen molar-refractivity contribution < 1.29 is 4.79 Å². The number of anilines is 1. The first-order chi connectivity index (χ1) is 14.9. The molecule has 1 saturated carbocycles.